The average Bonchev–Trinajstić information content (AvgIpc) is 3.16. The van der Waals surface area contributed by atoms with Gasteiger partial charge in [0.1, 0.15) is 6.04 Å². The molecule has 0 spiro atoms. The summed E-state index contributed by atoms with van der Waals surface area (Å²) in [5.74, 6) is -1.93. The Hall–Kier alpha value is -4.13. The molecule has 1 saturated heterocycles. The van der Waals surface area contributed by atoms with Crippen molar-refractivity contribution in [3.05, 3.63) is 82.9 Å². The van der Waals surface area contributed by atoms with Crippen molar-refractivity contribution in [3.8, 4) is 0 Å². The van der Waals surface area contributed by atoms with Gasteiger partial charge in [-0.2, -0.15) is 26.3 Å². The van der Waals surface area contributed by atoms with Gasteiger partial charge in [0.05, 0.1) is 11.1 Å². The van der Waals surface area contributed by atoms with Crippen LogP contribution in [0.2, 0.25) is 0 Å². The van der Waals surface area contributed by atoms with Crippen molar-refractivity contribution >= 4 is 28.5 Å². The Kier molecular flexibility index (Phi) is 9.63. The summed E-state index contributed by atoms with van der Waals surface area (Å²) in [6.07, 6.45) is -8.49. The molecule has 1 heterocycles. The molecule has 3 amide bonds. The number of nitrogens with zero attached hydrogens (tertiary/aromatic N) is 2. The Labute approximate surface area is 243 Å². The molecular formula is C30H30F6N4O3. The molecule has 1 aliphatic rings. The molecule has 3 aromatic rings. The third-order valence-electron chi connectivity index (χ3n) is 7.20. The van der Waals surface area contributed by atoms with Gasteiger partial charge in [0.15, 0.2) is 0 Å². The maximum absolute atomic E-state index is 13.5. The van der Waals surface area contributed by atoms with Crippen molar-refractivity contribution < 1.29 is 40.7 Å². The first kappa shape index (κ1) is 31.8. The van der Waals surface area contributed by atoms with Gasteiger partial charge in [0.2, 0.25) is 11.8 Å². The molecule has 0 radical (unpaired) electrons. The van der Waals surface area contributed by atoms with Crippen molar-refractivity contribution in [1.82, 2.24) is 20.7 Å². The number of nitrogens with one attached hydrogen (secondary N) is 2. The van der Waals surface area contributed by atoms with Crippen molar-refractivity contribution in [2.45, 2.75) is 50.6 Å². The van der Waals surface area contributed by atoms with E-state index in [0.717, 1.165) is 28.6 Å². The Bertz CT molecular complexity index is 1460. The lowest BCUT2D eigenvalue weighted by Crippen LogP contribution is -2.48. The summed E-state index contributed by atoms with van der Waals surface area (Å²) < 4.78 is 80.7. The lowest BCUT2D eigenvalue weighted by Gasteiger charge is -2.32. The van der Waals surface area contributed by atoms with Crippen LogP contribution < -0.4 is 10.6 Å². The third-order valence-corrected chi connectivity index (χ3v) is 7.20. The predicted octanol–water partition coefficient (Wildman–Crippen LogP) is 5.54. The quantitative estimate of drug-likeness (QED) is 0.260. The van der Waals surface area contributed by atoms with E-state index in [2.05, 4.69) is 10.6 Å². The number of carbonyl (C=O) groups is 3. The van der Waals surface area contributed by atoms with Gasteiger partial charge in [-0.05, 0) is 59.9 Å². The number of hydrazine groups is 1. The second-order valence-corrected chi connectivity index (χ2v) is 10.3. The molecule has 1 aliphatic heterocycles. The molecule has 3 aromatic carbocycles. The van der Waals surface area contributed by atoms with E-state index < -0.39 is 46.9 Å². The number of halogens is 6. The fourth-order valence-corrected chi connectivity index (χ4v) is 4.85. The molecule has 2 N–H and O–H groups in total. The standard InChI is InChI=1S/C30H30F6N4O3/c1-39(28(43)22-15-23(29(31,32)33)17-24(16-22)30(34,35)36)40(18-19-9-10-20-6-2-3-7-21(20)14-19)13-11-26(41)38-25-8-4-5-12-37-27(25)42/h2-3,6-7,9-10,14-17,25H,4-5,8,11-13,18H2,1H3,(H,37,42)(H,38,41)/t25-/m1/s1. The van der Waals surface area contributed by atoms with E-state index in [9.17, 15) is 40.7 Å². The number of rotatable bonds is 8. The summed E-state index contributed by atoms with van der Waals surface area (Å²) in [4.78, 5) is 38.4. The molecule has 0 bridgehead atoms. The van der Waals surface area contributed by atoms with E-state index in [0.29, 0.717) is 30.7 Å². The summed E-state index contributed by atoms with van der Waals surface area (Å²) in [5, 5.41) is 9.48. The average molecular weight is 609 g/mol. The van der Waals surface area contributed by atoms with Crippen molar-refractivity contribution in [2.75, 3.05) is 20.1 Å². The van der Waals surface area contributed by atoms with Gasteiger partial charge < -0.3 is 10.6 Å². The molecule has 13 heteroatoms. The highest BCUT2D eigenvalue weighted by atomic mass is 19.4. The van der Waals surface area contributed by atoms with Crippen LogP contribution in [-0.2, 0) is 28.5 Å². The van der Waals surface area contributed by atoms with Gasteiger partial charge >= 0.3 is 12.4 Å². The van der Waals surface area contributed by atoms with Crippen LogP contribution in [0.4, 0.5) is 26.3 Å². The van der Waals surface area contributed by atoms with Crippen LogP contribution in [0.1, 0.15) is 52.7 Å². The van der Waals surface area contributed by atoms with Crippen LogP contribution in [0.5, 0.6) is 0 Å². The van der Waals surface area contributed by atoms with E-state index >= 15 is 0 Å². The fourth-order valence-electron chi connectivity index (χ4n) is 4.85. The maximum atomic E-state index is 13.5. The minimum absolute atomic E-state index is 0.00928. The summed E-state index contributed by atoms with van der Waals surface area (Å²) in [7, 11) is 1.22. The molecule has 0 unspecified atom stereocenters. The molecule has 1 fully saturated rings. The normalized spacial score (nSPS) is 16.1. The van der Waals surface area contributed by atoms with E-state index in [1.54, 1.807) is 6.07 Å². The molecular weight excluding hydrogens is 578 g/mol. The van der Waals surface area contributed by atoms with Gasteiger partial charge in [0, 0.05) is 38.7 Å². The molecule has 0 aliphatic carbocycles. The van der Waals surface area contributed by atoms with Crippen molar-refractivity contribution in [1.29, 1.82) is 0 Å². The topological polar surface area (TPSA) is 81.8 Å². The molecule has 230 valence electrons. The lowest BCUT2D eigenvalue weighted by molar-refractivity contribution is -0.143. The third kappa shape index (κ3) is 8.25. The Morgan fingerprint density at radius 2 is 1.56 bits per heavy atom. The number of hydrogen-bond acceptors (Lipinski definition) is 4. The Morgan fingerprint density at radius 1 is 0.907 bits per heavy atom. The lowest BCUT2D eigenvalue weighted by atomic mass is 10.0. The Morgan fingerprint density at radius 3 is 2.21 bits per heavy atom. The van der Waals surface area contributed by atoms with Gasteiger partial charge in [-0.3, -0.25) is 19.4 Å². The predicted molar refractivity (Wildman–Crippen MR) is 146 cm³/mol. The first-order valence-electron chi connectivity index (χ1n) is 13.6. The second-order valence-electron chi connectivity index (χ2n) is 10.3. The fraction of sp³-hybridized carbons (Fsp3) is 0.367. The molecule has 7 nitrogen and oxygen atoms in total. The van der Waals surface area contributed by atoms with E-state index in [-0.39, 0.29) is 31.5 Å². The van der Waals surface area contributed by atoms with E-state index in [1.807, 2.05) is 36.4 Å². The van der Waals surface area contributed by atoms with E-state index in [1.165, 1.54) is 12.1 Å². The summed E-state index contributed by atoms with van der Waals surface area (Å²) in [6, 6.07) is 12.9. The number of benzene rings is 3. The number of carbonyl (C=O) groups excluding carboxylic acids is 3. The van der Waals surface area contributed by atoms with Gasteiger partial charge in [-0.15, -0.1) is 0 Å². The van der Waals surface area contributed by atoms with Gasteiger partial charge in [0.25, 0.3) is 5.91 Å². The van der Waals surface area contributed by atoms with Crippen LogP contribution >= 0.6 is 0 Å². The van der Waals surface area contributed by atoms with Crippen molar-refractivity contribution in [2.24, 2.45) is 0 Å². The molecule has 1 atom stereocenters. The highest BCUT2D eigenvalue weighted by Gasteiger charge is 2.38. The first-order chi connectivity index (χ1) is 20.2. The number of amides is 3. The summed E-state index contributed by atoms with van der Waals surface area (Å²) in [5.41, 5.74) is -3.35. The largest absolute Gasteiger partial charge is 0.416 e. The summed E-state index contributed by atoms with van der Waals surface area (Å²) >= 11 is 0. The van der Waals surface area contributed by atoms with Gasteiger partial charge in [-0.25, -0.2) is 5.01 Å². The minimum Gasteiger partial charge on any atom is -0.354 e. The molecule has 4 rings (SSSR count). The number of fused-ring (bicyclic) bond motifs is 1. The minimum atomic E-state index is -5.12. The Balaban J connectivity index is 1.60. The van der Waals surface area contributed by atoms with Gasteiger partial charge in [-0.1, -0.05) is 36.4 Å². The van der Waals surface area contributed by atoms with Crippen LogP contribution in [0, 0.1) is 0 Å². The zero-order valence-corrected chi connectivity index (χ0v) is 23.2. The monoisotopic (exact) mass is 608 g/mol. The second kappa shape index (κ2) is 13.0. The van der Waals surface area contributed by atoms with Crippen LogP contribution in [-0.4, -0.2) is 53.9 Å². The highest BCUT2D eigenvalue weighted by Crippen LogP contribution is 2.36. The summed E-state index contributed by atoms with van der Waals surface area (Å²) in [6.45, 7) is 0.388. The smallest absolute Gasteiger partial charge is 0.354 e. The van der Waals surface area contributed by atoms with Crippen LogP contribution in [0.3, 0.4) is 0 Å². The number of alkyl halides is 6. The highest BCUT2D eigenvalue weighted by molar-refractivity contribution is 5.94. The van der Waals surface area contributed by atoms with E-state index in [4.69, 9.17) is 0 Å². The van der Waals surface area contributed by atoms with Crippen LogP contribution in [0.15, 0.2) is 60.7 Å². The molecule has 43 heavy (non-hydrogen) atoms. The first-order valence-corrected chi connectivity index (χ1v) is 13.6. The zero-order valence-electron chi connectivity index (χ0n) is 23.2. The molecule has 0 saturated carbocycles. The van der Waals surface area contributed by atoms with Crippen molar-refractivity contribution in [3.63, 3.8) is 0 Å². The SMILES string of the molecule is CN(C(=O)c1cc(C(F)(F)F)cc(C(F)(F)F)c1)N(CCC(=O)N[C@@H]1CCCCNC1=O)Cc1ccc2ccccc2c1. The maximum Gasteiger partial charge on any atom is 0.416 e. The molecule has 0 aromatic heterocycles. The number of hydrogen-bond donors (Lipinski definition) is 2. The zero-order chi connectivity index (χ0) is 31.4. The van der Waals surface area contributed by atoms with Crippen LogP contribution in [0.25, 0.3) is 10.8 Å².